The number of β-amino-alcohol motifs (C(OH)–C–C–N with tert-alkyl or cyclic N) is 1. The van der Waals surface area contributed by atoms with Crippen molar-refractivity contribution in [1.82, 2.24) is 9.80 Å². The van der Waals surface area contributed by atoms with E-state index in [1.807, 2.05) is 38.1 Å². The van der Waals surface area contributed by atoms with Gasteiger partial charge in [0.05, 0.1) is 6.54 Å². The van der Waals surface area contributed by atoms with Gasteiger partial charge in [0.15, 0.2) is 17.6 Å². The molecule has 148 valence electrons. The minimum absolute atomic E-state index is 0.156. The molecule has 7 nitrogen and oxygen atoms in total. The topological polar surface area (TPSA) is 71.5 Å². The average molecular weight is 376 g/mol. The summed E-state index contributed by atoms with van der Waals surface area (Å²) in [5, 5.41) is 10.6. The van der Waals surface area contributed by atoms with E-state index >= 15 is 0 Å². The van der Waals surface area contributed by atoms with E-state index in [2.05, 4.69) is 4.90 Å². The molecular formula is C20H28N2O5. The first-order chi connectivity index (χ1) is 13.0. The van der Waals surface area contributed by atoms with Crippen molar-refractivity contribution in [2.24, 2.45) is 0 Å². The molecule has 1 amide bonds. The molecule has 1 spiro atoms. The van der Waals surface area contributed by atoms with Crippen LogP contribution in [-0.2, 0) is 4.74 Å². The number of para-hydroxylation sites is 2. The summed E-state index contributed by atoms with van der Waals surface area (Å²) < 4.78 is 17.3. The number of fused-ring (bicyclic) bond motifs is 1. The normalized spacial score (nSPS) is 25.7. The van der Waals surface area contributed by atoms with Crippen LogP contribution in [0.4, 0.5) is 4.79 Å². The maximum Gasteiger partial charge on any atom is 0.410 e. The number of benzene rings is 1. The second-order valence-corrected chi connectivity index (χ2v) is 8.05. The van der Waals surface area contributed by atoms with Gasteiger partial charge in [-0.15, -0.1) is 0 Å². The van der Waals surface area contributed by atoms with Gasteiger partial charge in [-0.2, -0.15) is 0 Å². The molecule has 3 heterocycles. The van der Waals surface area contributed by atoms with Crippen molar-refractivity contribution in [2.75, 3.05) is 32.8 Å². The molecule has 0 radical (unpaired) electrons. The standard InChI is InChI=1S/C20H28N2O5/c1-14(2)22-13-20(27-19(22)24)7-9-21(10-8-20)11-15(23)18-12-25-16-5-3-4-6-17(16)26-18/h3-6,14-15,18,23H,7-13H2,1-2H3. The number of carbonyl (C=O) groups excluding carboxylic acids is 1. The Bertz CT molecular complexity index is 687. The summed E-state index contributed by atoms with van der Waals surface area (Å²) in [4.78, 5) is 16.1. The van der Waals surface area contributed by atoms with E-state index in [1.165, 1.54) is 0 Å². The Morgan fingerprint density at radius 3 is 2.59 bits per heavy atom. The lowest BCUT2D eigenvalue weighted by atomic mass is 9.91. The molecule has 3 aliphatic heterocycles. The SMILES string of the molecule is CC(C)N1CC2(CCN(CC(O)C3COc4ccccc4O3)CC2)OC1=O. The molecule has 2 fully saturated rings. The van der Waals surface area contributed by atoms with Crippen molar-refractivity contribution < 1.29 is 24.1 Å². The quantitative estimate of drug-likeness (QED) is 0.865. The fourth-order valence-electron chi connectivity index (χ4n) is 4.06. The molecule has 4 rings (SSSR count). The second kappa shape index (κ2) is 7.20. The lowest BCUT2D eigenvalue weighted by Gasteiger charge is -2.39. The van der Waals surface area contributed by atoms with Crippen LogP contribution in [0.2, 0.25) is 0 Å². The molecule has 3 aliphatic rings. The highest BCUT2D eigenvalue weighted by atomic mass is 16.6. The van der Waals surface area contributed by atoms with Gasteiger partial charge in [0.2, 0.25) is 0 Å². The lowest BCUT2D eigenvalue weighted by Crippen LogP contribution is -2.52. The molecule has 1 aromatic carbocycles. The summed E-state index contributed by atoms with van der Waals surface area (Å²) in [6.45, 7) is 7.13. The first-order valence-corrected chi connectivity index (χ1v) is 9.74. The van der Waals surface area contributed by atoms with Crippen molar-refractivity contribution >= 4 is 6.09 Å². The highest BCUT2D eigenvalue weighted by molar-refractivity contribution is 5.71. The molecule has 1 aromatic rings. The van der Waals surface area contributed by atoms with Crippen molar-refractivity contribution in [2.45, 2.75) is 50.5 Å². The zero-order chi connectivity index (χ0) is 19.0. The first kappa shape index (κ1) is 18.4. The maximum atomic E-state index is 12.1. The van der Waals surface area contributed by atoms with Gasteiger partial charge in [-0.1, -0.05) is 12.1 Å². The third-order valence-corrected chi connectivity index (χ3v) is 5.79. The Morgan fingerprint density at radius 2 is 1.93 bits per heavy atom. The third kappa shape index (κ3) is 3.71. The van der Waals surface area contributed by atoms with Crippen LogP contribution in [-0.4, -0.2) is 77.6 Å². The van der Waals surface area contributed by atoms with Gasteiger partial charge in [0.25, 0.3) is 0 Å². The van der Waals surface area contributed by atoms with Crippen LogP contribution < -0.4 is 9.47 Å². The van der Waals surface area contributed by atoms with Crippen molar-refractivity contribution in [3.8, 4) is 11.5 Å². The number of nitrogens with zero attached hydrogens (tertiary/aromatic N) is 2. The number of amides is 1. The Morgan fingerprint density at radius 1 is 1.22 bits per heavy atom. The van der Waals surface area contributed by atoms with Gasteiger partial charge in [-0.25, -0.2) is 4.79 Å². The van der Waals surface area contributed by atoms with Gasteiger partial charge in [-0.05, 0) is 26.0 Å². The largest absolute Gasteiger partial charge is 0.486 e. The number of likely N-dealkylation sites (tertiary alicyclic amines) is 1. The van der Waals surface area contributed by atoms with Crippen LogP contribution in [0.15, 0.2) is 24.3 Å². The number of hydrogen-bond donors (Lipinski definition) is 1. The minimum Gasteiger partial charge on any atom is -0.486 e. The Hall–Kier alpha value is -1.99. The zero-order valence-corrected chi connectivity index (χ0v) is 16.0. The Labute approximate surface area is 159 Å². The van der Waals surface area contributed by atoms with Crippen LogP contribution >= 0.6 is 0 Å². The molecule has 2 saturated heterocycles. The van der Waals surface area contributed by atoms with Gasteiger partial charge < -0.3 is 29.1 Å². The summed E-state index contributed by atoms with van der Waals surface area (Å²) in [5.74, 6) is 1.40. The fraction of sp³-hybridized carbons (Fsp3) is 0.650. The number of aliphatic hydroxyl groups excluding tert-OH is 1. The van der Waals surface area contributed by atoms with E-state index in [-0.39, 0.29) is 23.8 Å². The highest BCUT2D eigenvalue weighted by Gasteiger charge is 2.47. The Balaban J connectivity index is 1.29. The van der Waals surface area contributed by atoms with Gasteiger partial charge in [-0.3, -0.25) is 0 Å². The van der Waals surface area contributed by atoms with Crippen LogP contribution in [0.3, 0.4) is 0 Å². The number of carbonyl (C=O) groups is 1. The molecule has 27 heavy (non-hydrogen) atoms. The first-order valence-electron chi connectivity index (χ1n) is 9.74. The van der Waals surface area contributed by atoms with E-state index in [9.17, 15) is 9.90 Å². The summed E-state index contributed by atoms with van der Waals surface area (Å²) in [7, 11) is 0. The molecule has 2 atom stereocenters. The van der Waals surface area contributed by atoms with Crippen molar-refractivity contribution in [3.63, 3.8) is 0 Å². The molecule has 0 aliphatic carbocycles. The number of hydrogen-bond acceptors (Lipinski definition) is 6. The molecule has 7 heteroatoms. The predicted octanol–water partition coefficient (Wildman–Crippen LogP) is 1.88. The molecule has 2 unspecified atom stereocenters. The van der Waals surface area contributed by atoms with Crippen LogP contribution in [0.25, 0.3) is 0 Å². The minimum atomic E-state index is -0.634. The van der Waals surface area contributed by atoms with Gasteiger partial charge >= 0.3 is 6.09 Å². The molecule has 1 N–H and O–H groups in total. The summed E-state index contributed by atoms with van der Waals surface area (Å²) in [6, 6.07) is 7.67. The summed E-state index contributed by atoms with van der Waals surface area (Å²) >= 11 is 0. The highest BCUT2D eigenvalue weighted by Crippen LogP contribution is 2.35. The number of rotatable bonds is 4. The monoisotopic (exact) mass is 376 g/mol. The number of piperidine rings is 1. The van der Waals surface area contributed by atoms with E-state index < -0.39 is 6.10 Å². The zero-order valence-electron chi connectivity index (χ0n) is 16.0. The van der Waals surface area contributed by atoms with Crippen molar-refractivity contribution in [3.05, 3.63) is 24.3 Å². The predicted molar refractivity (Wildman–Crippen MR) is 99.1 cm³/mol. The van der Waals surface area contributed by atoms with E-state index in [1.54, 1.807) is 4.90 Å². The van der Waals surface area contributed by atoms with Crippen LogP contribution in [0, 0.1) is 0 Å². The molecule has 0 saturated carbocycles. The van der Waals surface area contributed by atoms with E-state index in [0.29, 0.717) is 25.4 Å². The second-order valence-electron chi connectivity index (χ2n) is 8.05. The number of ether oxygens (including phenoxy) is 3. The van der Waals surface area contributed by atoms with Crippen LogP contribution in [0.1, 0.15) is 26.7 Å². The van der Waals surface area contributed by atoms with Gasteiger partial charge in [0.1, 0.15) is 18.3 Å². The molecule has 0 bridgehead atoms. The van der Waals surface area contributed by atoms with Crippen molar-refractivity contribution in [1.29, 1.82) is 0 Å². The smallest absolute Gasteiger partial charge is 0.410 e. The summed E-state index contributed by atoms with van der Waals surface area (Å²) in [5.41, 5.74) is -0.369. The Kier molecular flexibility index (Phi) is 4.90. The number of aliphatic hydroxyl groups is 1. The molecular weight excluding hydrogens is 348 g/mol. The third-order valence-electron chi connectivity index (χ3n) is 5.79. The van der Waals surface area contributed by atoms with E-state index in [4.69, 9.17) is 14.2 Å². The molecule has 0 aromatic heterocycles. The average Bonchev–Trinajstić information content (AvgIpc) is 2.99. The lowest BCUT2D eigenvalue weighted by molar-refractivity contribution is -0.0452. The maximum absolute atomic E-state index is 12.1. The summed E-state index contributed by atoms with van der Waals surface area (Å²) in [6.07, 6.45) is 0.367. The fourth-order valence-corrected chi connectivity index (χ4v) is 4.06. The van der Waals surface area contributed by atoms with E-state index in [0.717, 1.165) is 31.7 Å². The van der Waals surface area contributed by atoms with Crippen LogP contribution in [0.5, 0.6) is 11.5 Å². The van der Waals surface area contributed by atoms with Gasteiger partial charge in [0, 0.05) is 38.5 Å².